The fourth-order valence-corrected chi connectivity index (χ4v) is 1.90. The first-order chi connectivity index (χ1) is 6.36. The monoisotopic (exact) mass is 179 g/mol. The van der Waals surface area contributed by atoms with E-state index in [1.54, 1.807) is 0 Å². The van der Waals surface area contributed by atoms with E-state index in [4.69, 9.17) is 10.2 Å². The highest BCUT2D eigenvalue weighted by atomic mass is 16.3. The zero-order chi connectivity index (χ0) is 9.26. The summed E-state index contributed by atoms with van der Waals surface area (Å²) in [5.41, 5.74) is 3.18. The molecule has 0 spiro atoms. The van der Waals surface area contributed by atoms with Crippen LogP contribution in [0.2, 0.25) is 0 Å². The highest BCUT2D eigenvalue weighted by Crippen LogP contribution is 2.28. The van der Waals surface area contributed by atoms with Gasteiger partial charge in [0, 0.05) is 6.54 Å². The van der Waals surface area contributed by atoms with Crippen molar-refractivity contribution in [3.63, 3.8) is 0 Å². The fraction of sp³-hybridized carbons (Fsp3) is 0.400. The molecule has 0 aromatic heterocycles. The second kappa shape index (κ2) is 3.46. The highest BCUT2D eigenvalue weighted by molar-refractivity contribution is 5.40. The Bertz CT molecular complexity index is 312. The molecule has 70 valence electrons. The summed E-state index contributed by atoms with van der Waals surface area (Å²) in [5, 5.41) is 21.4. The van der Waals surface area contributed by atoms with Crippen molar-refractivity contribution >= 4 is 0 Å². The van der Waals surface area contributed by atoms with Crippen molar-refractivity contribution in [1.29, 1.82) is 0 Å². The standard InChI is InChI=1S/C10H13NO2/c12-5-8-3-1-2-7-4-11-9(6-13)10(7)8/h1-3,9,11-13H,4-6H2/t9-/m1/s1. The summed E-state index contributed by atoms with van der Waals surface area (Å²) >= 11 is 0. The van der Waals surface area contributed by atoms with Crippen LogP contribution in [-0.4, -0.2) is 16.8 Å². The van der Waals surface area contributed by atoms with Gasteiger partial charge in [-0.15, -0.1) is 0 Å². The maximum atomic E-state index is 9.11. The molecule has 0 saturated carbocycles. The molecule has 1 aromatic rings. The minimum Gasteiger partial charge on any atom is -0.394 e. The van der Waals surface area contributed by atoms with Gasteiger partial charge in [-0.3, -0.25) is 0 Å². The summed E-state index contributed by atoms with van der Waals surface area (Å²) in [7, 11) is 0. The lowest BCUT2D eigenvalue weighted by Gasteiger charge is -2.11. The van der Waals surface area contributed by atoms with Gasteiger partial charge >= 0.3 is 0 Å². The molecule has 0 radical (unpaired) electrons. The predicted octanol–water partition coefficient (Wildman–Crippen LogP) is 0.316. The maximum Gasteiger partial charge on any atom is 0.0685 e. The van der Waals surface area contributed by atoms with E-state index in [0.29, 0.717) is 0 Å². The fourth-order valence-electron chi connectivity index (χ4n) is 1.90. The SMILES string of the molecule is OCc1cccc2c1[C@@H](CO)NC2. The number of nitrogens with one attached hydrogen (secondary N) is 1. The number of benzene rings is 1. The molecule has 1 aliphatic heterocycles. The van der Waals surface area contributed by atoms with Crippen LogP contribution in [0.5, 0.6) is 0 Å². The lowest BCUT2D eigenvalue weighted by Crippen LogP contribution is -2.16. The second-order valence-corrected chi connectivity index (χ2v) is 3.26. The summed E-state index contributed by atoms with van der Waals surface area (Å²) in [6, 6.07) is 5.86. The number of aliphatic hydroxyl groups is 2. The smallest absolute Gasteiger partial charge is 0.0685 e. The van der Waals surface area contributed by atoms with Gasteiger partial charge in [0.25, 0.3) is 0 Å². The molecule has 0 bridgehead atoms. The summed E-state index contributed by atoms with van der Waals surface area (Å²) in [5.74, 6) is 0. The molecule has 0 aliphatic carbocycles. The Morgan fingerprint density at radius 2 is 2.23 bits per heavy atom. The summed E-state index contributed by atoms with van der Waals surface area (Å²) in [6.07, 6.45) is 0. The molecule has 3 N–H and O–H groups in total. The minimum absolute atomic E-state index is 0.00153. The van der Waals surface area contributed by atoms with Crippen LogP contribution in [0, 0.1) is 0 Å². The van der Waals surface area contributed by atoms with Crippen LogP contribution < -0.4 is 5.32 Å². The van der Waals surface area contributed by atoms with E-state index in [1.165, 1.54) is 5.56 Å². The second-order valence-electron chi connectivity index (χ2n) is 3.26. The van der Waals surface area contributed by atoms with E-state index in [0.717, 1.165) is 17.7 Å². The number of aliphatic hydroxyl groups excluding tert-OH is 2. The van der Waals surface area contributed by atoms with E-state index in [2.05, 4.69) is 5.32 Å². The van der Waals surface area contributed by atoms with Gasteiger partial charge in [-0.05, 0) is 16.7 Å². The Labute approximate surface area is 77.0 Å². The van der Waals surface area contributed by atoms with Crippen LogP contribution in [0.1, 0.15) is 22.7 Å². The van der Waals surface area contributed by atoms with Gasteiger partial charge in [0.05, 0.1) is 19.3 Å². The summed E-state index contributed by atoms with van der Waals surface area (Å²) in [4.78, 5) is 0. The number of hydrogen-bond donors (Lipinski definition) is 3. The average molecular weight is 179 g/mol. The number of rotatable bonds is 2. The van der Waals surface area contributed by atoms with Gasteiger partial charge in [-0.25, -0.2) is 0 Å². The maximum absolute atomic E-state index is 9.11. The average Bonchev–Trinajstić information content (AvgIpc) is 2.60. The normalized spacial score (nSPS) is 20.3. The molecule has 0 fully saturated rings. The molecule has 3 heteroatoms. The van der Waals surface area contributed by atoms with Crippen LogP contribution in [-0.2, 0) is 13.2 Å². The molecular formula is C10H13NO2. The van der Waals surface area contributed by atoms with Crippen molar-refractivity contribution in [1.82, 2.24) is 5.32 Å². The molecule has 2 rings (SSSR count). The zero-order valence-corrected chi connectivity index (χ0v) is 7.33. The van der Waals surface area contributed by atoms with Gasteiger partial charge in [0.1, 0.15) is 0 Å². The third-order valence-electron chi connectivity index (χ3n) is 2.53. The predicted molar refractivity (Wildman–Crippen MR) is 49.0 cm³/mol. The van der Waals surface area contributed by atoms with Crippen molar-refractivity contribution in [2.75, 3.05) is 6.61 Å². The molecule has 1 aliphatic rings. The van der Waals surface area contributed by atoms with Gasteiger partial charge in [-0.1, -0.05) is 18.2 Å². The van der Waals surface area contributed by atoms with Crippen LogP contribution in [0.4, 0.5) is 0 Å². The molecule has 13 heavy (non-hydrogen) atoms. The molecule has 0 amide bonds. The third-order valence-corrected chi connectivity index (χ3v) is 2.53. The van der Waals surface area contributed by atoms with Gasteiger partial charge in [0.15, 0.2) is 0 Å². The third kappa shape index (κ3) is 1.35. The van der Waals surface area contributed by atoms with Crippen molar-refractivity contribution in [2.24, 2.45) is 0 Å². The van der Waals surface area contributed by atoms with Crippen molar-refractivity contribution in [3.05, 3.63) is 34.9 Å². The van der Waals surface area contributed by atoms with E-state index >= 15 is 0 Å². The van der Waals surface area contributed by atoms with E-state index < -0.39 is 0 Å². The van der Waals surface area contributed by atoms with Crippen LogP contribution in [0.3, 0.4) is 0 Å². The Morgan fingerprint density at radius 1 is 1.38 bits per heavy atom. The number of hydrogen-bond acceptors (Lipinski definition) is 3. The van der Waals surface area contributed by atoms with E-state index in [9.17, 15) is 0 Å². The molecule has 3 nitrogen and oxygen atoms in total. The largest absolute Gasteiger partial charge is 0.394 e. The van der Waals surface area contributed by atoms with Crippen molar-refractivity contribution < 1.29 is 10.2 Å². The van der Waals surface area contributed by atoms with Gasteiger partial charge in [0.2, 0.25) is 0 Å². The molecule has 1 atom stereocenters. The topological polar surface area (TPSA) is 52.5 Å². The highest BCUT2D eigenvalue weighted by Gasteiger charge is 2.23. The first-order valence-corrected chi connectivity index (χ1v) is 4.42. The van der Waals surface area contributed by atoms with Crippen LogP contribution in [0.25, 0.3) is 0 Å². The molecule has 0 unspecified atom stereocenters. The van der Waals surface area contributed by atoms with E-state index in [1.807, 2.05) is 18.2 Å². The Hall–Kier alpha value is -0.900. The first kappa shape index (κ1) is 8.69. The molecule has 1 aromatic carbocycles. The van der Waals surface area contributed by atoms with Crippen molar-refractivity contribution in [2.45, 2.75) is 19.2 Å². The van der Waals surface area contributed by atoms with Crippen molar-refractivity contribution in [3.8, 4) is 0 Å². The molecular weight excluding hydrogens is 166 g/mol. The Morgan fingerprint density at radius 3 is 2.92 bits per heavy atom. The number of fused-ring (bicyclic) bond motifs is 1. The quantitative estimate of drug-likeness (QED) is 0.612. The van der Waals surface area contributed by atoms with Crippen LogP contribution >= 0.6 is 0 Å². The Balaban J connectivity index is 2.46. The van der Waals surface area contributed by atoms with Gasteiger partial charge in [-0.2, -0.15) is 0 Å². The molecule has 1 heterocycles. The lowest BCUT2D eigenvalue weighted by molar-refractivity contribution is 0.246. The minimum atomic E-state index is -0.00153. The van der Waals surface area contributed by atoms with Gasteiger partial charge < -0.3 is 15.5 Å². The lowest BCUT2D eigenvalue weighted by atomic mass is 9.99. The summed E-state index contributed by atoms with van der Waals surface area (Å²) < 4.78 is 0. The Kier molecular flexibility index (Phi) is 2.31. The van der Waals surface area contributed by atoms with E-state index in [-0.39, 0.29) is 19.3 Å². The molecule has 0 saturated heterocycles. The summed E-state index contributed by atoms with van der Waals surface area (Å²) in [6.45, 7) is 0.916. The zero-order valence-electron chi connectivity index (χ0n) is 7.33. The van der Waals surface area contributed by atoms with Crippen LogP contribution in [0.15, 0.2) is 18.2 Å². The first-order valence-electron chi connectivity index (χ1n) is 4.42.